The maximum absolute atomic E-state index is 14.8. The van der Waals surface area contributed by atoms with Gasteiger partial charge in [-0.2, -0.15) is 0 Å². The molecule has 2 amide bonds. The van der Waals surface area contributed by atoms with E-state index in [-0.39, 0.29) is 25.7 Å². The number of benzene rings is 2. The van der Waals surface area contributed by atoms with E-state index in [9.17, 15) is 19.5 Å². The Labute approximate surface area is 244 Å². The molecule has 6 atom stereocenters. The van der Waals surface area contributed by atoms with Crippen molar-refractivity contribution in [3.8, 4) is 0 Å². The molecule has 2 aromatic rings. The molecule has 4 aliphatic rings. The number of hydrogen-bond donors (Lipinski definition) is 1. The van der Waals surface area contributed by atoms with E-state index < -0.39 is 47.0 Å². The molecule has 214 valence electrons. The molecule has 41 heavy (non-hydrogen) atoms. The Hall–Kier alpha value is -3.46. The van der Waals surface area contributed by atoms with Crippen molar-refractivity contribution in [3.05, 3.63) is 89.0 Å². The van der Waals surface area contributed by atoms with Gasteiger partial charge in [-0.05, 0) is 43.9 Å². The third-order valence-electron chi connectivity index (χ3n) is 8.83. The summed E-state index contributed by atoms with van der Waals surface area (Å²) in [5.41, 5.74) is -0.376. The van der Waals surface area contributed by atoms with Gasteiger partial charge in [-0.1, -0.05) is 78.4 Å². The highest BCUT2D eigenvalue weighted by Gasteiger charge is 2.75. The molecule has 8 nitrogen and oxygen atoms in total. The van der Waals surface area contributed by atoms with E-state index in [0.717, 1.165) is 11.1 Å². The average Bonchev–Trinajstić information content (AvgIpc) is 3.27. The number of carbonyl (C=O) groups excluding carboxylic acids is 3. The van der Waals surface area contributed by atoms with Crippen molar-refractivity contribution in [1.29, 1.82) is 0 Å². The number of cyclic esters (lactones) is 1. The molecular formula is C32H33ClN2O6. The average molecular weight is 577 g/mol. The Bertz CT molecular complexity index is 1420. The fourth-order valence-corrected chi connectivity index (χ4v) is 7.45. The third kappa shape index (κ3) is 4.31. The summed E-state index contributed by atoms with van der Waals surface area (Å²) in [6.45, 7) is 3.67. The molecule has 4 aliphatic heterocycles. The van der Waals surface area contributed by atoms with Crippen LogP contribution in [0, 0.1) is 18.8 Å². The van der Waals surface area contributed by atoms with Crippen molar-refractivity contribution in [2.45, 2.75) is 50.0 Å². The topological polar surface area (TPSA) is 96.4 Å². The van der Waals surface area contributed by atoms with Crippen LogP contribution in [-0.4, -0.2) is 70.8 Å². The number of amides is 2. The summed E-state index contributed by atoms with van der Waals surface area (Å²) in [5, 5.41) is 11.1. The highest BCUT2D eigenvalue weighted by Crippen LogP contribution is 2.58. The number of fused-ring (bicyclic) bond motifs is 2. The van der Waals surface area contributed by atoms with Gasteiger partial charge in [0.05, 0.1) is 41.5 Å². The molecule has 2 fully saturated rings. The van der Waals surface area contributed by atoms with Crippen LogP contribution in [0.1, 0.15) is 24.5 Å². The molecule has 2 aromatic carbocycles. The van der Waals surface area contributed by atoms with Crippen LogP contribution >= 0.6 is 11.6 Å². The lowest BCUT2D eigenvalue weighted by atomic mass is 9.74. The van der Waals surface area contributed by atoms with Crippen molar-refractivity contribution in [2.75, 3.05) is 24.7 Å². The van der Waals surface area contributed by atoms with Gasteiger partial charge in [0.1, 0.15) is 17.6 Å². The van der Waals surface area contributed by atoms with Gasteiger partial charge in [-0.25, -0.2) is 0 Å². The summed E-state index contributed by atoms with van der Waals surface area (Å²) >= 11 is 6.63. The Morgan fingerprint density at radius 3 is 2.54 bits per heavy atom. The number of esters is 1. The Kier molecular flexibility index (Phi) is 7.04. The molecule has 0 radical (unpaired) electrons. The number of halogens is 1. The number of anilines is 1. The van der Waals surface area contributed by atoms with E-state index in [4.69, 9.17) is 21.1 Å². The molecule has 6 rings (SSSR count). The second kappa shape index (κ2) is 10.4. The van der Waals surface area contributed by atoms with E-state index in [1.165, 1.54) is 4.90 Å². The van der Waals surface area contributed by atoms with Crippen LogP contribution in [0.3, 0.4) is 0 Å². The lowest BCUT2D eigenvalue weighted by Crippen LogP contribution is -2.59. The summed E-state index contributed by atoms with van der Waals surface area (Å²) < 4.78 is 12.4. The smallest absolute Gasteiger partial charge is 0.313 e. The molecule has 0 saturated carbocycles. The zero-order valence-electron chi connectivity index (χ0n) is 23.0. The molecule has 0 aromatic heterocycles. The number of nitrogens with zero attached hydrogens (tertiary/aromatic N) is 2. The zero-order chi connectivity index (χ0) is 28.9. The minimum Gasteiger partial charge on any atom is -0.465 e. The number of carbonyl (C=O) groups is 3. The second-order valence-electron chi connectivity index (χ2n) is 11.4. The monoisotopic (exact) mass is 576 g/mol. The van der Waals surface area contributed by atoms with Crippen LogP contribution in [0.25, 0.3) is 0 Å². The van der Waals surface area contributed by atoms with Gasteiger partial charge in [-0.3, -0.25) is 14.4 Å². The molecule has 0 bridgehead atoms. The number of likely N-dealkylation sites (tertiary alicyclic amines) is 1. The first-order valence-corrected chi connectivity index (χ1v) is 14.4. The number of rotatable bonds is 5. The van der Waals surface area contributed by atoms with Crippen molar-refractivity contribution in [2.24, 2.45) is 11.8 Å². The molecule has 4 heterocycles. The maximum Gasteiger partial charge on any atom is 0.313 e. The fourth-order valence-electron chi connectivity index (χ4n) is 7.12. The van der Waals surface area contributed by atoms with Crippen LogP contribution in [-0.2, 0) is 30.3 Å². The van der Waals surface area contributed by atoms with Crippen LogP contribution in [0.15, 0.2) is 72.8 Å². The van der Waals surface area contributed by atoms with Gasteiger partial charge in [0.2, 0.25) is 5.91 Å². The van der Waals surface area contributed by atoms with Gasteiger partial charge < -0.3 is 24.4 Å². The summed E-state index contributed by atoms with van der Waals surface area (Å²) in [6.07, 6.45) is 8.15. The molecule has 0 aliphatic carbocycles. The molecular weight excluding hydrogens is 544 g/mol. The summed E-state index contributed by atoms with van der Waals surface area (Å²) in [5.74, 6) is -3.32. The number of aliphatic hydroxyl groups excluding tert-OH is 1. The molecule has 1 spiro atoms. The van der Waals surface area contributed by atoms with Gasteiger partial charge in [0.25, 0.3) is 5.91 Å². The number of aliphatic hydroxyl groups is 1. The summed E-state index contributed by atoms with van der Waals surface area (Å²) in [4.78, 5) is 45.9. The van der Waals surface area contributed by atoms with Crippen LogP contribution in [0.4, 0.5) is 5.69 Å². The normalized spacial score (nSPS) is 31.6. The molecule has 1 unspecified atom stereocenters. The van der Waals surface area contributed by atoms with Crippen molar-refractivity contribution >= 4 is 35.1 Å². The first kappa shape index (κ1) is 27.7. The Morgan fingerprint density at radius 1 is 1.02 bits per heavy atom. The fraction of sp³-hybridized carbons (Fsp3) is 0.406. The highest BCUT2D eigenvalue weighted by atomic mass is 35.5. The van der Waals surface area contributed by atoms with Gasteiger partial charge in [0.15, 0.2) is 0 Å². The predicted molar refractivity (Wildman–Crippen MR) is 153 cm³/mol. The van der Waals surface area contributed by atoms with E-state index in [2.05, 4.69) is 0 Å². The second-order valence-corrected chi connectivity index (χ2v) is 11.8. The minimum absolute atomic E-state index is 0.198. The SMILES string of the molecule is Cc1cccc(Cl)c1N1CC=C[C@]23O[C@@]4(C)C=CCCOC(=O)[C@H]4[C@H]2C(=O)N([C@@H](CO)Cc2ccccc2)C3C1=O. The predicted octanol–water partition coefficient (Wildman–Crippen LogP) is 3.63. The van der Waals surface area contributed by atoms with Crippen LogP contribution in [0.5, 0.6) is 0 Å². The molecule has 2 saturated heterocycles. The van der Waals surface area contributed by atoms with Gasteiger partial charge in [-0.15, -0.1) is 0 Å². The number of hydrogen-bond acceptors (Lipinski definition) is 6. The Morgan fingerprint density at radius 2 is 1.80 bits per heavy atom. The zero-order valence-corrected chi connectivity index (χ0v) is 23.8. The standard InChI is InChI=1S/C32H33ClN2O6/c1-20-10-8-13-23(33)26(20)34-16-9-15-32-24(25-30(39)40-17-7-6-14-31(25,2)41-32)28(37)35(27(32)29(34)38)22(19-36)18-21-11-4-3-5-12-21/h3-6,8-15,22,24-25,27,36H,7,16-19H2,1-2H3/t22-,24+,25-,27?,31+,32+/m1/s1. The highest BCUT2D eigenvalue weighted by molar-refractivity contribution is 6.34. The Balaban J connectivity index is 1.52. The first-order valence-electron chi connectivity index (χ1n) is 14.0. The lowest BCUT2D eigenvalue weighted by molar-refractivity contribution is -0.160. The number of ether oxygens (including phenoxy) is 2. The van der Waals surface area contributed by atoms with Crippen LogP contribution < -0.4 is 4.90 Å². The molecule has 9 heteroatoms. The van der Waals surface area contributed by atoms with E-state index in [0.29, 0.717) is 23.6 Å². The lowest BCUT2D eigenvalue weighted by Gasteiger charge is -2.40. The van der Waals surface area contributed by atoms with Gasteiger partial charge >= 0.3 is 5.97 Å². The number of para-hydroxylation sites is 1. The van der Waals surface area contributed by atoms with Crippen molar-refractivity contribution in [3.63, 3.8) is 0 Å². The quantitative estimate of drug-likeness (QED) is 0.431. The van der Waals surface area contributed by atoms with Crippen molar-refractivity contribution in [1.82, 2.24) is 4.90 Å². The summed E-state index contributed by atoms with van der Waals surface area (Å²) in [6, 6.07) is 13.0. The van der Waals surface area contributed by atoms with E-state index >= 15 is 0 Å². The number of aryl methyl sites for hydroxylation is 1. The van der Waals surface area contributed by atoms with Gasteiger partial charge in [0, 0.05) is 6.54 Å². The van der Waals surface area contributed by atoms with E-state index in [1.807, 2.05) is 67.6 Å². The largest absolute Gasteiger partial charge is 0.465 e. The summed E-state index contributed by atoms with van der Waals surface area (Å²) in [7, 11) is 0. The van der Waals surface area contributed by atoms with Crippen molar-refractivity contribution < 1.29 is 29.0 Å². The first-order chi connectivity index (χ1) is 19.7. The third-order valence-corrected chi connectivity index (χ3v) is 9.14. The minimum atomic E-state index is -1.46. The molecule has 1 N–H and O–H groups in total. The van der Waals surface area contributed by atoms with Crippen LogP contribution in [0.2, 0.25) is 5.02 Å². The maximum atomic E-state index is 14.8. The van der Waals surface area contributed by atoms with E-state index in [1.54, 1.807) is 24.0 Å².